The molecule has 0 spiro atoms. The summed E-state index contributed by atoms with van der Waals surface area (Å²) < 4.78 is 33.2. The van der Waals surface area contributed by atoms with Crippen molar-refractivity contribution in [2.24, 2.45) is 4.99 Å². The van der Waals surface area contributed by atoms with Crippen molar-refractivity contribution in [1.82, 2.24) is 10.6 Å². The van der Waals surface area contributed by atoms with Gasteiger partial charge in [-0.1, -0.05) is 6.07 Å². The Morgan fingerprint density at radius 3 is 2.77 bits per heavy atom. The van der Waals surface area contributed by atoms with Gasteiger partial charge in [-0.25, -0.2) is 8.78 Å². The molecule has 0 saturated carbocycles. The molecule has 26 heavy (non-hydrogen) atoms. The van der Waals surface area contributed by atoms with E-state index in [2.05, 4.69) is 15.6 Å². The van der Waals surface area contributed by atoms with Crippen molar-refractivity contribution in [1.29, 1.82) is 0 Å². The Morgan fingerprint density at radius 2 is 2.08 bits per heavy atom. The zero-order valence-corrected chi connectivity index (χ0v) is 14.8. The van der Waals surface area contributed by atoms with Gasteiger partial charge in [0.05, 0.1) is 6.26 Å². The summed E-state index contributed by atoms with van der Waals surface area (Å²) in [5.74, 6) is 0.556. The standard InChI is InChI=1S/C19H24F2N4O/c1-2-22-19(23-10-8-15-5-4-12-26-15)24-14-9-11-25(13-14)18-16(20)6-3-7-17(18)21/h3-7,12,14H,2,8-11,13H2,1H3,(H2,22,23,24). The Hall–Kier alpha value is -2.57. The molecule has 1 aromatic carbocycles. The van der Waals surface area contributed by atoms with Crippen molar-refractivity contribution in [2.45, 2.75) is 25.8 Å². The molecule has 1 aliphatic heterocycles. The summed E-state index contributed by atoms with van der Waals surface area (Å²) in [5, 5.41) is 6.57. The summed E-state index contributed by atoms with van der Waals surface area (Å²) in [4.78, 5) is 6.30. The zero-order valence-electron chi connectivity index (χ0n) is 14.8. The monoisotopic (exact) mass is 362 g/mol. The first kappa shape index (κ1) is 18.2. The van der Waals surface area contributed by atoms with Crippen LogP contribution >= 0.6 is 0 Å². The highest BCUT2D eigenvalue weighted by Crippen LogP contribution is 2.26. The highest BCUT2D eigenvalue weighted by molar-refractivity contribution is 5.80. The van der Waals surface area contributed by atoms with E-state index >= 15 is 0 Å². The third-order valence-electron chi connectivity index (χ3n) is 4.34. The first-order valence-corrected chi connectivity index (χ1v) is 8.93. The molecular weight excluding hydrogens is 338 g/mol. The molecule has 1 unspecified atom stereocenters. The van der Waals surface area contributed by atoms with Crippen molar-refractivity contribution in [2.75, 3.05) is 31.1 Å². The number of guanidine groups is 1. The lowest BCUT2D eigenvalue weighted by Crippen LogP contribution is -2.44. The second kappa shape index (κ2) is 8.69. The minimum Gasteiger partial charge on any atom is -0.469 e. The number of benzene rings is 1. The number of nitrogens with one attached hydrogen (secondary N) is 2. The fraction of sp³-hybridized carbons (Fsp3) is 0.421. The Labute approximate surface area is 152 Å². The maximum absolute atomic E-state index is 14.0. The Kier molecular flexibility index (Phi) is 6.09. The van der Waals surface area contributed by atoms with E-state index in [1.165, 1.54) is 18.2 Å². The first-order chi connectivity index (χ1) is 12.7. The summed E-state index contributed by atoms with van der Waals surface area (Å²) in [5.41, 5.74) is 0.0524. The first-order valence-electron chi connectivity index (χ1n) is 8.93. The molecule has 0 aliphatic carbocycles. The smallest absolute Gasteiger partial charge is 0.191 e. The van der Waals surface area contributed by atoms with E-state index in [9.17, 15) is 8.78 Å². The van der Waals surface area contributed by atoms with Gasteiger partial charge in [-0.15, -0.1) is 0 Å². The topological polar surface area (TPSA) is 52.8 Å². The molecule has 3 rings (SSSR count). The van der Waals surface area contributed by atoms with E-state index in [-0.39, 0.29) is 11.7 Å². The predicted molar refractivity (Wildman–Crippen MR) is 98.5 cm³/mol. The fourth-order valence-corrected chi connectivity index (χ4v) is 3.12. The number of anilines is 1. The van der Waals surface area contributed by atoms with E-state index in [0.29, 0.717) is 25.6 Å². The minimum atomic E-state index is -0.523. The lowest BCUT2D eigenvalue weighted by molar-refractivity contribution is 0.510. The summed E-state index contributed by atoms with van der Waals surface area (Å²) >= 11 is 0. The van der Waals surface area contributed by atoms with Gasteiger partial charge in [0, 0.05) is 38.6 Å². The predicted octanol–water partition coefficient (Wildman–Crippen LogP) is 2.93. The van der Waals surface area contributed by atoms with Crippen LogP contribution in [-0.4, -0.2) is 38.2 Å². The maximum Gasteiger partial charge on any atom is 0.191 e. The van der Waals surface area contributed by atoms with Crippen LogP contribution in [0.1, 0.15) is 19.1 Å². The van der Waals surface area contributed by atoms with E-state index < -0.39 is 11.6 Å². The Balaban J connectivity index is 1.58. The maximum atomic E-state index is 14.0. The number of aliphatic imine (C=N–C) groups is 1. The summed E-state index contributed by atoms with van der Waals surface area (Å²) in [6.07, 6.45) is 3.16. The summed E-state index contributed by atoms with van der Waals surface area (Å²) in [6, 6.07) is 7.83. The van der Waals surface area contributed by atoms with Crippen molar-refractivity contribution in [3.05, 3.63) is 54.0 Å². The van der Waals surface area contributed by atoms with Gasteiger partial charge in [0.2, 0.25) is 0 Å². The molecule has 1 aromatic heterocycles. The number of hydrogen-bond acceptors (Lipinski definition) is 3. The lowest BCUT2D eigenvalue weighted by atomic mass is 10.2. The van der Waals surface area contributed by atoms with Gasteiger partial charge >= 0.3 is 0 Å². The van der Waals surface area contributed by atoms with Crippen LogP contribution < -0.4 is 15.5 Å². The molecule has 0 radical (unpaired) electrons. The molecular formula is C19H24F2N4O. The molecule has 5 nitrogen and oxygen atoms in total. The number of furan rings is 1. The Morgan fingerprint density at radius 1 is 1.27 bits per heavy atom. The molecule has 0 bridgehead atoms. The van der Waals surface area contributed by atoms with E-state index in [1.54, 1.807) is 11.2 Å². The van der Waals surface area contributed by atoms with Gasteiger partial charge in [-0.05, 0) is 37.6 Å². The highest BCUT2D eigenvalue weighted by Gasteiger charge is 2.27. The third-order valence-corrected chi connectivity index (χ3v) is 4.34. The average Bonchev–Trinajstić information content (AvgIpc) is 3.27. The number of halogens is 2. The molecule has 2 N–H and O–H groups in total. The van der Waals surface area contributed by atoms with E-state index in [4.69, 9.17) is 4.42 Å². The van der Waals surface area contributed by atoms with Crippen molar-refractivity contribution < 1.29 is 13.2 Å². The van der Waals surface area contributed by atoms with Crippen LogP contribution in [0, 0.1) is 11.6 Å². The van der Waals surface area contributed by atoms with Crippen molar-refractivity contribution >= 4 is 11.6 Å². The number of rotatable bonds is 6. The number of nitrogens with zero attached hydrogens (tertiary/aromatic N) is 2. The molecule has 1 aliphatic rings. The summed E-state index contributed by atoms with van der Waals surface area (Å²) in [7, 11) is 0. The van der Waals surface area contributed by atoms with Crippen molar-refractivity contribution in [3.8, 4) is 0 Å². The van der Waals surface area contributed by atoms with Gasteiger partial charge in [0.1, 0.15) is 23.1 Å². The normalized spacial score (nSPS) is 17.6. The second-order valence-electron chi connectivity index (χ2n) is 6.24. The zero-order chi connectivity index (χ0) is 18.4. The summed E-state index contributed by atoms with van der Waals surface area (Å²) in [6.45, 7) is 4.47. The second-order valence-corrected chi connectivity index (χ2v) is 6.24. The quantitative estimate of drug-likeness (QED) is 0.613. The largest absolute Gasteiger partial charge is 0.469 e. The van der Waals surface area contributed by atoms with E-state index in [1.807, 2.05) is 19.1 Å². The fourth-order valence-electron chi connectivity index (χ4n) is 3.12. The highest BCUT2D eigenvalue weighted by atomic mass is 19.1. The SMILES string of the molecule is CCNC(=NCCc1ccco1)NC1CCN(c2c(F)cccc2F)C1. The molecule has 1 saturated heterocycles. The minimum absolute atomic E-state index is 0.0524. The van der Waals surface area contributed by atoms with E-state index in [0.717, 1.165) is 25.1 Å². The Bertz CT molecular complexity index is 713. The van der Waals surface area contributed by atoms with Crippen LogP contribution in [0.2, 0.25) is 0 Å². The number of para-hydroxylation sites is 1. The lowest BCUT2D eigenvalue weighted by Gasteiger charge is -2.21. The molecule has 0 amide bonds. The molecule has 2 heterocycles. The third kappa shape index (κ3) is 4.53. The van der Waals surface area contributed by atoms with Crippen LogP contribution in [0.5, 0.6) is 0 Å². The van der Waals surface area contributed by atoms with Crippen LogP contribution in [0.15, 0.2) is 46.0 Å². The van der Waals surface area contributed by atoms with Crippen LogP contribution in [-0.2, 0) is 6.42 Å². The molecule has 1 fully saturated rings. The molecule has 2 aromatic rings. The van der Waals surface area contributed by atoms with Gasteiger partial charge in [0.15, 0.2) is 5.96 Å². The molecule has 140 valence electrons. The van der Waals surface area contributed by atoms with Gasteiger partial charge in [0.25, 0.3) is 0 Å². The van der Waals surface area contributed by atoms with Crippen LogP contribution in [0.25, 0.3) is 0 Å². The van der Waals surface area contributed by atoms with Gasteiger partial charge in [-0.3, -0.25) is 4.99 Å². The van der Waals surface area contributed by atoms with Crippen molar-refractivity contribution in [3.63, 3.8) is 0 Å². The van der Waals surface area contributed by atoms with Crippen LogP contribution in [0.4, 0.5) is 14.5 Å². The average molecular weight is 362 g/mol. The van der Waals surface area contributed by atoms with Crippen LogP contribution in [0.3, 0.4) is 0 Å². The molecule has 7 heteroatoms. The van der Waals surface area contributed by atoms with Gasteiger partial charge in [-0.2, -0.15) is 0 Å². The van der Waals surface area contributed by atoms with Gasteiger partial charge < -0.3 is 20.0 Å². The molecule has 1 atom stereocenters. The number of hydrogen-bond donors (Lipinski definition) is 2.